The van der Waals surface area contributed by atoms with Gasteiger partial charge in [-0.1, -0.05) is 121 Å². The standard InChI is InChI=1S/C54H30BNO4/c1-6-19-43(56-44-20-7-2-13-35(44)36-14-3-8-21-45(36)56)33(12-1)31-24-26-48-42(29-31)55-52-41(37-15-4-10-23-47(37)60-55)28-32(30-50(52)58-48)34-17-11-18-38-39-25-27-49-51(54(39)59-53(34)38)40-16-5-9-22-46(40)57-49/h1-30H. The summed E-state index contributed by atoms with van der Waals surface area (Å²) < 4.78 is 29.5. The van der Waals surface area contributed by atoms with E-state index in [1.165, 1.54) is 21.8 Å². The third kappa shape index (κ3) is 4.31. The molecule has 0 unspecified atom stereocenters. The van der Waals surface area contributed by atoms with Gasteiger partial charge in [0.05, 0.1) is 22.1 Å². The van der Waals surface area contributed by atoms with Crippen molar-refractivity contribution in [2.75, 3.05) is 0 Å². The summed E-state index contributed by atoms with van der Waals surface area (Å²) in [6, 6.07) is 64.0. The maximum Gasteiger partial charge on any atom is 0.434 e. The molecule has 3 aromatic heterocycles. The number of fused-ring (bicyclic) bond motifs is 14. The number of nitrogens with zero attached hydrogens (tertiary/aromatic N) is 1. The van der Waals surface area contributed by atoms with E-state index >= 15 is 0 Å². The minimum atomic E-state index is -0.368. The Morgan fingerprint density at radius 3 is 1.97 bits per heavy atom. The molecule has 0 saturated heterocycles. The summed E-state index contributed by atoms with van der Waals surface area (Å²) >= 11 is 0. The molecular formula is C54H30BNO4. The predicted octanol–water partition coefficient (Wildman–Crippen LogP) is 13.2. The van der Waals surface area contributed by atoms with Crippen molar-refractivity contribution in [1.82, 2.24) is 4.57 Å². The van der Waals surface area contributed by atoms with Crippen LogP contribution in [-0.2, 0) is 0 Å². The van der Waals surface area contributed by atoms with Gasteiger partial charge in [-0.2, -0.15) is 0 Å². The molecule has 0 amide bonds. The summed E-state index contributed by atoms with van der Waals surface area (Å²) in [5.41, 5.74) is 15.2. The second kappa shape index (κ2) is 11.8. The summed E-state index contributed by atoms with van der Waals surface area (Å²) in [6.45, 7) is -0.368. The van der Waals surface area contributed by atoms with E-state index in [0.29, 0.717) is 0 Å². The molecule has 2 aliphatic heterocycles. The van der Waals surface area contributed by atoms with Crippen molar-refractivity contribution >= 4 is 83.5 Å². The van der Waals surface area contributed by atoms with Gasteiger partial charge in [0.2, 0.25) is 0 Å². The van der Waals surface area contributed by atoms with E-state index in [1.807, 2.05) is 24.3 Å². The highest BCUT2D eigenvalue weighted by Crippen LogP contribution is 2.46. The Morgan fingerprint density at radius 1 is 0.400 bits per heavy atom. The third-order valence-corrected chi connectivity index (χ3v) is 12.7. The summed E-state index contributed by atoms with van der Waals surface area (Å²) in [5.74, 6) is 2.41. The van der Waals surface area contributed by atoms with Gasteiger partial charge in [0, 0.05) is 54.5 Å². The fraction of sp³-hybridized carbons (Fsp3) is 0. The molecule has 0 saturated carbocycles. The van der Waals surface area contributed by atoms with Crippen LogP contribution in [0.15, 0.2) is 191 Å². The van der Waals surface area contributed by atoms with Crippen LogP contribution in [0.25, 0.3) is 105 Å². The molecule has 5 nitrogen and oxygen atoms in total. The number of ether oxygens (including phenoxy) is 1. The van der Waals surface area contributed by atoms with Gasteiger partial charge in [0.15, 0.2) is 0 Å². The first-order valence-electron chi connectivity index (χ1n) is 20.3. The maximum atomic E-state index is 6.99. The lowest BCUT2D eigenvalue weighted by atomic mass is 9.50. The molecular weight excluding hydrogens is 737 g/mol. The Kier molecular flexibility index (Phi) is 6.31. The van der Waals surface area contributed by atoms with Gasteiger partial charge in [-0.3, -0.25) is 0 Å². The lowest BCUT2D eigenvalue weighted by Gasteiger charge is -2.33. The normalized spacial score (nSPS) is 12.9. The summed E-state index contributed by atoms with van der Waals surface area (Å²) in [4.78, 5) is 0. The Balaban J connectivity index is 0.944. The Bertz CT molecular complexity index is 3760. The van der Waals surface area contributed by atoms with E-state index in [2.05, 4.69) is 162 Å². The van der Waals surface area contributed by atoms with E-state index in [1.54, 1.807) is 0 Å². The minimum absolute atomic E-state index is 0.368. The molecule has 0 bridgehead atoms. The zero-order valence-electron chi connectivity index (χ0n) is 32.0. The van der Waals surface area contributed by atoms with Crippen LogP contribution in [0.3, 0.4) is 0 Å². The van der Waals surface area contributed by atoms with Crippen molar-refractivity contribution in [3.05, 3.63) is 182 Å². The Morgan fingerprint density at radius 2 is 1.10 bits per heavy atom. The van der Waals surface area contributed by atoms with Crippen LogP contribution in [0.1, 0.15) is 0 Å². The van der Waals surface area contributed by atoms with Crippen molar-refractivity contribution in [1.29, 1.82) is 0 Å². The SMILES string of the molecule is c1ccc2c(c1)OB1c3cc(-c4ccccc4-n4c5ccccc5c5ccccc54)ccc3Oc3cc(-c4cccc5c4oc4c5ccc5oc6ccccc6c54)cc-2c31. The van der Waals surface area contributed by atoms with Gasteiger partial charge in [0.25, 0.3) is 0 Å². The van der Waals surface area contributed by atoms with E-state index in [9.17, 15) is 0 Å². The smallest absolute Gasteiger partial charge is 0.434 e. The highest BCUT2D eigenvalue weighted by atomic mass is 16.5. The second-order valence-corrected chi connectivity index (χ2v) is 15.9. The van der Waals surface area contributed by atoms with E-state index in [0.717, 1.165) is 111 Å². The summed E-state index contributed by atoms with van der Waals surface area (Å²) in [5, 5.41) is 6.63. The molecule has 12 aromatic rings. The molecule has 60 heavy (non-hydrogen) atoms. The van der Waals surface area contributed by atoms with E-state index < -0.39 is 0 Å². The number of benzene rings is 9. The first-order chi connectivity index (χ1) is 29.7. The first-order valence-corrected chi connectivity index (χ1v) is 20.3. The third-order valence-electron chi connectivity index (χ3n) is 12.7. The first kappa shape index (κ1) is 32.1. The number of hydrogen-bond donors (Lipinski definition) is 0. The molecule has 0 fully saturated rings. The Labute approximate surface area is 343 Å². The largest absolute Gasteiger partial charge is 0.551 e. The molecule has 0 spiro atoms. The quantitative estimate of drug-likeness (QED) is 0.168. The van der Waals surface area contributed by atoms with E-state index in [-0.39, 0.29) is 6.92 Å². The molecule has 278 valence electrons. The summed E-state index contributed by atoms with van der Waals surface area (Å²) in [7, 11) is 0. The molecule has 14 rings (SSSR count). The minimum Gasteiger partial charge on any atom is -0.551 e. The fourth-order valence-corrected chi connectivity index (χ4v) is 10.1. The van der Waals surface area contributed by atoms with Crippen LogP contribution in [0, 0.1) is 0 Å². The number of rotatable bonds is 3. The van der Waals surface area contributed by atoms with Gasteiger partial charge in [-0.15, -0.1) is 0 Å². The van der Waals surface area contributed by atoms with Crippen LogP contribution in [-0.4, -0.2) is 11.5 Å². The van der Waals surface area contributed by atoms with Crippen LogP contribution < -0.4 is 20.3 Å². The molecule has 0 aliphatic carbocycles. The highest BCUT2D eigenvalue weighted by molar-refractivity contribution is 6.84. The average molecular weight is 768 g/mol. The van der Waals surface area contributed by atoms with Crippen LogP contribution in [0.2, 0.25) is 0 Å². The molecule has 0 radical (unpaired) electrons. The summed E-state index contributed by atoms with van der Waals surface area (Å²) in [6.07, 6.45) is 0. The number of hydrogen-bond acceptors (Lipinski definition) is 4. The zero-order valence-corrected chi connectivity index (χ0v) is 32.0. The lowest BCUT2D eigenvalue weighted by Crippen LogP contribution is -2.53. The zero-order chi connectivity index (χ0) is 39.1. The maximum absolute atomic E-state index is 6.99. The molecule has 2 aliphatic rings. The molecule has 6 heteroatoms. The van der Waals surface area contributed by atoms with Gasteiger partial charge in [0.1, 0.15) is 39.6 Å². The molecule has 0 atom stereocenters. The average Bonchev–Trinajstić information content (AvgIpc) is 3.98. The fourth-order valence-electron chi connectivity index (χ4n) is 10.1. The van der Waals surface area contributed by atoms with Gasteiger partial charge in [-0.25, -0.2) is 0 Å². The molecule has 9 aromatic carbocycles. The van der Waals surface area contributed by atoms with Crippen molar-refractivity contribution in [3.8, 4) is 56.3 Å². The van der Waals surface area contributed by atoms with Crippen LogP contribution in [0.4, 0.5) is 0 Å². The number of aromatic nitrogens is 1. The molecule has 0 N–H and O–H groups in total. The number of para-hydroxylation sites is 6. The second-order valence-electron chi connectivity index (χ2n) is 15.9. The van der Waals surface area contributed by atoms with E-state index in [4.69, 9.17) is 18.2 Å². The van der Waals surface area contributed by atoms with Crippen LogP contribution in [0.5, 0.6) is 17.2 Å². The van der Waals surface area contributed by atoms with Crippen molar-refractivity contribution < 1.29 is 18.2 Å². The van der Waals surface area contributed by atoms with Crippen LogP contribution >= 0.6 is 0 Å². The van der Waals surface area contributed by atoms with Crippen molar-refractivity contribution in [2.24, 2.45) is 0 Å². The number of furan rings is 2. The lowest BCUT2D eigenvalue weighted by molar-refractivity contribution is 0.479. The van der Waals surface area contributed by atoms with Crippen molar-refractivity contribution in [3.63, 3.8) is 0 Å². The predicted molar refractivity (Wildman–Crippen MR) is 244 cm³/mol. The van der Waals surface area contributed by atoms with Crippen molar-refractivity contribution in [2.45, 2.75) is 0 Å². The van der Waals surface area contributed by atoms with Gasteiger partial charge < -0.3 is 22.8 Å². The Hall–Kier alpha value is -7.96. The van der Waals surface area contributed by atoms with Gasteiger partial charge >= 0.3 is 6.92 Å². The molecule has 5 heterocycles. The topological polar surface area (TPSA) is 49.7 Å². The highest BCUT2D eigenvalue weighted by Gasteiger charge is 2.41. The van der Waals surface area contributed by atoms with Gasteiger partial charge in [-0.05, 0) is 77.4 Å². The monoisotopic (exact) mass is 767 g/mol.